The lowest BCUT2D eigenvalue weighted by molar-refractivity contribution is -0.108. The average Bonchev–Trinajstić information content (AvgIpc) is 2.98. The van der Waals surface area contributed by atoms with E-state index in [9.17, 15) is 9.18 Å². The van der Waals surface area contributed by atoms with Crippen molar-refractivity contribution in [2.45, 2.75) is 59.2 Å². The first-order chi connectivity index (χ1) is 20.5. The summed E-state index contributed by atoms with van der Waals surface area (Å²) in [4.78, 5) is 25.7. The number of hydrogen-bond donors (Lipinski definition) is 2. The predicted molar refractivity (Wildman–Crippen MR) is 167 cm³/mol. The molecule has 2 N–H and O–H groups in total. The van der Waals surface area contributed by atoms with Crippen LogP contribution in [-0.2, 0) is 13.7 Å². The Bertz CT molecular complexity index is 1600. The van der Waals surface area contributed by atoms with Crippen LogP contribution in [0.2, 0.25) is 0 Å². The number of benzene rings is 2. The van der Waals surface area contributed by atoms with Gasteiger partial charge in [0.1, 0.15) is 18.2 Å². The van der Waals surface area contributed by atoms with Gasteiger partial charge in [0.05, 0.1) is 24.1 Å². The molecule has 2 bridgehead atoms. The maximum atomic E-state index is 14.5. The van der Waals surface area contributed by atoms with Crippen molar-refractivity contribution in [2.24, 2.45) is 35.2 Å². The summed E-state index contributed by atoms with van der Waals surface area (Å²) in [6.07, 6.45) is 2.43. The van der Waals surface area contributed by atoms with Crippen LogP contribution >= 0.6 is 0 Å². The van der Waals surface area contributed by atoms with Gasteiger partial charge in [-0.05, 0) is 73.3 Å². The quantitative estimate of drug-likeness (QED) is 0.315. The van der Waals surface area contributed by atoms with Crippen LogP contribution in [0.15, 0.2) is 46.2 Å². The fourth-order valence-corrected chi connectivity index (χ4v) is 7.29. The highest BCUT2D eigenvalue weighted by Crippen LogP contribution is 2.61. The molecule has 9 nitrogen and oxygen atoms in total. The number of nitrogens with one attached hydrogen (secondary N) is 2. The topological polar surface area (TPSA) is 93.0 Å². The highest BCUT2D eigenvalue weighted by molar-refractivity contribution is 5.96. The van der Waals surface area contributed by atoms with Crippen LogP contribution in [0.3, 0.4) is 0 Å². The number of aliphatic imine (C=N–C) groups is 1. The van der Waals surface area contributed by atoms with Crippen molar-refractivity contribution in [1.82, 2.24) is 19.8 Å². The number of piperazine rings is 1. The number of rotatable bonds is 6. The Morgan fingerprint density at radius 1 is 1.21 bits per heavy atom. The molecular weight excluding hydrogens is 547 g/mol. The van der Waals surface area contributed by atoms with E-state index in [1.807, 2.05) is 12.1 Å². The molecule has 4 fully saturated rings. The third-order valence-electron chi connectivity index (χ3n) is 10.2. The third-order valence-corrected chi connectivity index (χ3v) is 10.2. The SMILES string of the molecule is COc1ccc(OCc2nc3cc(NC(=NC4C[C@@H]5C[C@H]([C@@H]4C)C5(C)C)N4CCN[C@@H](C)C4)ccc3c(=O)n2C)c(F)c1. The fraction of sp³-hybridized carbons (Fsp3) is 0.545. The second kappa shape index (κ2) is 11.4. The van der Waals surface area contributed by atoms with E-state index in [-0.39, 0.29) is 24.0 Å². The molecule has 7 rings (SSSR count). The van der Waals surface area contributed by atoms with Gasteiger partial charge in [-0.3, -0.25) is 9.36 Å². The van der Waals surface area contributed by atoms with Crippen LogP contribution in [0.4, 0.5) is 10.1 Å². The highest BCUT2D eigenvalue weighted by atomic mass is 19.1. The van der Waals surface area contributed by atoms with E-state index in [1.54, 1.807) is 19.2 Å². The van der Waals surface area contributed by atoms with Gasteiger partial charge < -0.3 is 25.0 Å². The van der Waals surface area contributed by atoms with E-state index in [1.165, 1.54) is 30.2 Å². The van der Waals surface area contributed by atoms with Crippen LogP contribution in [0.25, 0.3) is 10.9 Å². The van der Waals surface area contributed by atoms with E-state index in [0.717, 1.165) is 43.6 Å². The van der Waals surface area contributed by atoms with Gasteiger partial charge in [0, 0.05) is 44.5 Å². The minimum absolute atomic E-state index is 0.0633. The average molecular weight is 591 g/mol. The van der Waals surface area contributed by atoms with Crippen molar-refractivity contribution < 1.29 is 13.9 Å². The van der Waals surface area contributed by atoms with E-state index < -0.39 is 5.82 Å². The number of ether oxygens (including phenoxy) is 2. The molecule has 1 aliphatic heterocycles. The molecule has 10 heteroatoms. The molecule has 3 aliphatic carbocycles. The molecule has 0 amide bonds. The molecule has 4 aliphatic rings. The summed E-state index contributed by atoms with van der Waals surface area (Å²) in [6, 6.07) is 10.6. The van der Waals surface area contributed by atoms with Crippen molar-refractivity contribution in [1.29, 1.82) is 0 Å². The van der Waals surface area contributed by atoms with Crippen LogP contribution in [0.5, 0.6) is 11.5 Å². The van der Waals surface area contributed by atoms with Gasteiger partial charge in [-0.2, -0.15) is 0 Å². The van der Waals surface area contributed by atoms with Crippen LogP contribution in [0.1, 0.15) is 46.4 Å². The van der Waals surface area contributed by atoms with Crippen LogP contribution in [0, 0.1) is 29.0 Å². The van der Waals surface area contributed by atoms with Gasteiger partial charge in [-0.1, -0.05) is 20.8 Å². The molecule has 0 spiro atoms. The minimum atomic E-state index is -0.543. The third kappa shape index (κ3) is 5.57. The summed E-state index contributed by atoms with van der Waals surface area (Å²) >= 11 is 0. The number of hydrogen-bond acceptors (Lipinski definition) is 6. The number of nitrogens with zero attached hydrogens (tertiary/aromatic N) is 4. The zero-order valence-electron chi connectivity index (χ0n) is 26.0. The zero-order valence-corrected chi connectivity index (χ0v) is 26.0. The summed E-state index contributed by atoms with van der Waals surface area (Å²) in [5, 5.41) is 7.65. The molecule has 2 heterocycles. The van der Waals surface area contributed by atoms with Crippen molar-refractivity contribution >= 4 is 22.5 Å². The Balaban J connectivity index is 1.28. The number of methoxy groups -OCH3 is 1. The second-order valence-corrected chi connectivity index (χ2v) is 13.1. The summed E-state index contributed by atoms with van der Waals surface area (Å²) in [5.41, 5.74) is 1.58. The number of aromatic nitrogens is 2. The lowest BCUT2D eigenvalue weighted by Crippen LogP contribution is -2.57. The van der Waals surface area contributed by atoms with Crippen molar-refractivity contribution in [3.8, 4) is 11.5 Å². The van der Waals surface area contributed by atoms with E-state index in [2.05, 4.69) is 43.2 Å². The smallest absolute Gasteiger partial charge is 0.261 e. The summed E-state index contributed by atoms with van der Waals surface area (Å²) in [6.45, 7) is 12.0. The molecule has 0 radical (unpaired) electrons. The molecule has 1 unspecified atom stereocenters. The van der Waals surface area contributed by atoms with Crippen molar-refractivity contribution in [2.75, 3.05) is 32.1 Å². The first-order valence-corrected chi connectivity index (χ1v) is 15.3. The Kier molecular flexibility index (Phi) is 7.83. The number of fused-ring (bicyclic) bond motifs is 3. The molecule has 2 aromatic carbocycles. The fourth-order valence-electron chi connectivity index (χ4n) is 7.29. The minimum Gasteiger partial charge on any atom is -0.497 e. The van der Waals surface area contributed by atoms with E-state index >= 15 is 0 Å². The molecule has 1 saturated heterocycles. The normalized spacial score (nSPS) is 26.6. The Morgan fingerprint density at radius 3 is 2.72 bits per heavy atom. The molecule has 3 aromatic rings. The first kappa shape index (κ1) is 29.4. The maximum Gasteiger partial charge on any atom is 0.261 e. The van der Waals surface area contributed by atoms with Gasteiger partial charge in [0.2, 0.25) is 0 Å². The number of halogens is 1. The first-order valence-electron chi connectivity index (χ1n) is 15.3. The molecule has 230 valence electrons. The summed E-state index contributed by atoms with van der Waals surface area (Å²) in [5.74, 6) is 3.15. The van der Waals surface area contributed by atoms with Crippen LogP contribution < -0.4 is 25.7 Å². The standard InChI is InChI=1S/C33H43FN6O3/c1-19-17-40(12-11-35-19)32(38-27-14-21-13-25(20(27)2)33(21,3)4)36-22-7-9-24-28(15-22)37-30(39(5)31(24)41)18-43-29-10-8-23(42-6)16-26(29)34/h7-10,15-16,19-21,25,27,35H,11-14,17-18H2,1-6H3,(H,36,38)/t19-,20-,21-,25+,27?/m0/s1. The zero-order chi connectivity index (χ0) is 30.5. The molecular formula is C33H43FN6O3. The largest absolute Gasteiger partial charge is 0.497 e. The molecule has 1 aromatic heterocycles. The number of guanidine groups is 1. The van der Waals surface area contributed by atoms with Gasteiger partial charge >= 0.3 is 0 Å². The van der Waals surface area contributed by atoms with Gasteiger partial charge in [0.25, 0.3) is 5.56 Å². The lowest BCUT2D eigenvalue weighted by atomic mass is 9.45. The van der Waals surface area contributed by atoms with E-state index in [4.69, 9.17) is 19.5 Å². The Hall–Kier alpha value is -3.66. The summed E-state index contributed by atoms with van der Waals surface area (Å²) in [7, 11) is 3.13. The lowest BCUT2D eigenvalue weighted by Gasteiger charge is -2.61. The van der Waals surface area contributed by atoms with Crippen molar-refractivity contribution in [3.63, 3.8) is 0 Å². The Labute approximate surface area is 252 Å². The van der Waals surface area contributed by atoms with Gasteiger partial charge in [-0.25, -0.2) is 14.4 Å². The molecule has 5 atom stereocenters. The van der Waals surface area contributed by atoms with Crippen molar-refractivity contribution in [3.05, 3.63) is 58.4 Å². The summed E-state index contributed by atoms with van der Waals surface area (Å²) < 4.78 is 26.7. The Morgan fingerprint density at radius 2 is 2.02 bits per heavy atom. The number of anilines is 1. The second-order valence-electron chi connectivity index (χ2n) is 13.1. The van der Waals surface area contributed by atoms with Gasteiger partial charge in [-0.15, -0.1) is 0 Å². The molecule has 3 saturated carbocycles. The monoisotopic (exact) mass is 590 g/mol. The highest BCUT2D eigenvalue weighted by Gasteiger charge is 2.56. The van der Waals surface area contributed by atoms with Crippen LogP contribution in [-0.4, -0.2) is 59.2 Å². The van der Waals surface area contributed by atoms with Gasteiger partial charge in [0.15, 0.2) is 17.5 Å². The van der Waals surface area contributed by atoms with E-state index in [0.29, 0.717) is 45.8 Å². The predicted octanol–water partition coefficient (Wildman–Crippen LogP) is 4.79. The molecule has 43 heavy (non-hydrogen) atoms. The maximum absolute atomic E-state index is 14.5.